The lowest BCUT2D eigenvalue weighted by molar-refractivity contribution is 0.500. The smallest absolute Gasteiger partial charge is 0.0123 e. The molecule has 1 aromatic rings. The average Bonchev–Trinajstić information content (AvgIpc) is 2.74. The minimum atomic E-state index is 0.663. The van der Waals surface area contributed by atoms with E-state index in [0.29, 0.717) is 6.04 Å². The first-order valence-electron chi connectivity index (χ1n) is 5.61. The van der Waals surface area contributed by atoms with Crippen LogP contribution in [0.1, 0.15) is 24.6 Å². The molecular formula is C12H21NS2. The fourth-order valence-corrected chi connectivity index (χ4v) is 2.86. The van der Waals surface area contributed by atoms with E-state index in [4.69, 9.17) is 0 Å². The van der Waals surface area contributed by atoms with Crippen molar-refractivity contribution in [2.75, 3.05) is 18.6 Å². The number of rotatable bonds is 8. The second-order valence-electron chi connectivity index (χ2n) is 3.72. The van der Waals surface area contributed by atoms with Crippen molar-refractivity contribution in [3.63, 3.8) is 0 Å². The summed E-state index contributed by atoms with van der Waals surface area (Å²) in [4.78, 5) is 1.50. The van der Waals surface area contributed by atoms with Crippen molar-refractivity contribution >= 4 is 23.1 Å². The molecule has 0 saturated carbocycles. The maximum absolute atomic E-state index is 3.64. The molecule has 15 heavy (non-hydrogen) atoms. The summed E-state index contributed by atoms with van der Waals surface area (Å²) in [5.74, 6) is 1.26. The molecule has 3 heteroatoms. The molecule has 1 heterocycles. The summed E-state index contributed by atoms with van der Waals surface area (Å²) in [5, 5.41) is 5.80. The van der Waals surface area contributed by atoms with Gasteiger partial charge in [0.1, 0.15) is 0 Å². The van der Waals surface area contributed by atoms with Crippen LogP contribution in [0.2, 0.25) is 0 Å². The Morgan fingerprint density at radius 3 is 3.00 bits per heavy atom. The average molecular weight is 243 g/mol. The van der Waals surface area contributed by atoms with Crippen molar-refractivity contribution in [2.45, 2.75) is 32.2 Å². The molecule has 1 atom stereocenters. The Hall–Kier alpha value is 0.01000. The molecule has 1 unspecified atom stereocenters. The zero-order chi connectivity index (χ0) is 10.9. The van der Waals surface area contributed by atoms with Crippen LogP contribution in [0.3, 0.4) is 0 Å². The van der Waals surface area contributed by atoms with Gasteiger partial charge in [0.2, 0.25) is 0 Å². The van der Waals surface area contributed by atoms with Gasteiger partial charge >= 0.3 is 0 Å². The summed E-state index contributed by atoms with van der Waals surface area (Å²) in [6.45, 7) is 3.37. The molecule has 0 spiro atoms. The van der Waals surface area contributed by atoms with Crippen LogP contribution in [0.25, 0.3) is 0 Å². The number of hydrogen-bond donors (Lipinski definition) is 1. The van der Waals surface area contributed by atoms with E-state index < -0.39 is 0 Å². The molecular weight excluding hydrogens is 222 g/mol. The van der Waals surface area contributed by atoms with E-state index in [1.807, 2.05) is 23.1 Å². The van der Waals surface area contributed by atoms with E-state index >= 15 is 0 Å². The monoisotopic (exact) mass is 243 g/mol. The third-order valence-corrected chi connectivity index (χ3v) is 3.92. The number of nitrogens with one attached hydrogen (secondary N) is 1. The highest BCUT2D eigenvalue weighted by atomic mass is 32.2. The van der Waals surface area contributed by atoms with Crippen molar-refractivity contribution in [2.24, 2.45) is 0 Å². The molecule has 0 bridgehead atoms. The zero-order valence-corrected chi connectivity index (χ0v) is 11.3. The first-order chi connectivity index (χ1) is 7.36. The third-order valence-electron chi connectivity index (χ3n) is 2.38. The van der Waals surface area contributed by atoms with Crippen LogP contribution in [0.4, 0.5) is 0 Å². The van der Waals surface area contributed by atoms with E-state index in [2.05, 4.69) is 36.0 Å². The number of thiophene rings is 1. The quantitative estimate of drug-likeness (QED) is 0.751. The van der Waals surface area contributed by atoms with Gasteiger partial charge in [-0.3, -0.25) is 0 Å². The van der Waals surface area contributed by atoms with E-state index in [1.165, 1.54) is 29.9 Å². The van der Waals surface area contributed by atoms with E-state index in [9.17, 15) is 0 Å². The normalized spacial score (nSPS) is 12.9. The molecule has 1 aromatic heterocycles. The standard InChI is InChI=1S/C12H21NS2/c1-3-7-13-11(6-9-14-2)10-12-5-4-8-15-12/h4-5,8,11,13H,3,6-7,9-10H2,1-2H3. The van der Waals surface area contributed by atoms with Gasteiger partial charge in [-0.2, -0.15) is 11.8 Å². The van der Waals surface area contributed by atoms with Gasteiger partial charge < -0.3 is 5.32 Å². The van der Waals surface area contributed by atoms with Gasteiger partial charge in [-0.25, -0.2) is 0 Å². The molecule has 1 nitrogen and oxygen atoms in total. The Morgan fingerprint density at radius 1 is 1.53 bits per heavy atom. The number of thioether (sulfide) groups is 1. The fraction of sp³-hybridized carbons (Fsp3) is 0.667. The first kappa shape index (κ1) is 13.1. The van der Waals surface area contributed by atoms with Crippen LogP contribution in [0.15, 0.2) is 17.5 Å². The van der Waals surface area contributed by atoms with Crippen molar-refractivity contribution in [3.8, 4) is 0 Å². The van der Waals surface area contributed by atoms with Gasteiger partial charge in [0.15, 0.2) is 0 Å². The van der Waals surface area contributed by atoms with Crippen LogP contribution in [0, 0.1) is 0 Å². The van der Waals surface area contributed by atoms with Crippen LogP contribution in [0.5, 0.6) is 0 Å². The minimum absolute atomic E-state index is 0.663. The van der Waals surface area contributed by atoms with Crippen molar-refractivity contribution in [1.29, 1.82) is 0 Å². The predicted molar refractivity (Wildman–Crippen MR) is 73.1 cm³/mol. The van der Waals surface area contributed by atoms with Crippen molar-refractivity contribution in [3.05, 3.63) is 22.4 Å². The Balaban J connectivity index is 2.33. The lowest BCUT2D eigenvalue weighted by Crippen LogP contribution is -2.32. The highest BCUT2D eigenvalue weighted by molar-refractivity contribution is 7.98. The Morgan fingerprint density at radius 2 is 2.40 bits per heavy atom. The minimum Gasteiger partial charge on any atom is -0.314 e. The molecule has 0 amide bonds. The van der Waals surface area contributed by atoms with Gasteiger partial charge in [0.05, 0.1) is 0 Å². The van der Waals surface area contributed by atoms with Gasteiger partial charge in [-0.15, -0.1) is 11.3 Å². The molecule has 86 valence electrons. The van der Waals surface area contributed by atoms with Gasteiger partial charge in [0.25, 0.3) is 0 Å². The highest BCUT2D eigenvalue weighted by Crippen LogP contribution is 2.13. The molecule has 0 aliphatic rings. The summed E-state index contributed by atoms with van der Waals surface area (Å²) < 4.78 is 0. The van der Waals surface area contributed by atoms with E-state index in [1.54, 1.807) is 0 Å². The molecule has 0 fully saturated rings. The molecule has 0 aromatic carbocycles. The Kier molecular flexibility index (Phi) is 7.14. The van der Waals surface area contributed by atoms with Crippen LogP contribution >= 0.6 is 23.1 Å². The summed E-state index contributed by atoms with van der Waals surface area (Å²) in [7, 11) is 0. The highest BCUT2D eigenvalue weighted by Gasteiger charge is 2.08. The van der Waals surface area contributed by atoms with Crippen LogP contribution in [-0.2, 0) is 6.42 Å². The van der Waals surface area contributed by atoms with Crippen molar-refractivity contribution in [1.82, 2.24) is 5.32 Å². The molecule has 1 rings (SSSR count). The van der Waals surface area contributed by atoms with E-state index in [0.717, 1.165) is 6.54 Å². The molecule has 0 aliphatic heterocycles. The lowest BCUT2D eigenvalue weighted by Gasteiger charge is -2.17. The summed E-state index contributed by atoms with van der Waals surface area (Å²) in [6.07, 6.45) is 5.87. The van der Waals surface area contributed by atoms with Gasteiger partial charge in [-0.05, 0) is 49.3 Å². The number of hydrogen-bond acceptors (Lipinski definition) is 3. The molecule has 0 saturated heterocycles. The largest absolute Gasteiger partial charge is 0.314 e. The fourth-order valence-electron chi connectivity index (χ4n) is 1.56. The van der Waals surface area contributed by atoms with Gasteiger partial charge in [-0.1, -0.05) is 13.0 Å². The second kappa shape index (κ2) is 8.20. The maximum atomic E-state index is 3.64. The first-order valence-corrected chi connectivity index (χ1v) is 7.88. The SMILES string of the molecule is CCCNC(CCSC)Cc1cccs1. The lowest BCUT2D eigenvalue weighted by atomic mass is 10.1. The van der Waals surface area contributed by atoms with Crippen LogP contribution < -0.4 is 5.32 Å². The summed E-state index contributed by atoms with van der Waals surface area (Å²) in [6, 6.07) is 5.05. The van der Waals surface area contributed by atoms with Crippen LogP contribution in [-0.4, -0.2) is 24.6 Å². The second-order valence-corrected chi connectivity index (χ2v) is 5.73. The Labute approximate surface area is 102 Å². The zero-order valence-electron chi connectivity index (χ0n) is 9.66. The summed E-state index contributed by atoms with van der Waals surface area (Å²) in [5.41, 5.74) is 0. The predicted octanol–water partition coefficient (Wildman–Crippen LogP) is 3.41. The Bertz CT molecular complexity index is 226. The molecule has 0 aliphatic carbocycles. The molecule has 0 radical (unpaired) electrons. The summed E-state index contributed by atoms with van der Waals surface area (Å²) >= 11 is 3.81. The maximum Gasteiger partial charge on any atom is 0.0123 e. The topological polar surface area (TPSA) is 12.0 Å². The third kappa shape index (κ3) is 5.59. The van der Waals surface area contributed by atoms with Gasteiger partial charge in [0, 0.05) is 10.9 Å². The van der Waals surface area contributed by atoms with E-state index in [-0.39, 0.29) is 0 Å². The van der Waals surface area contributed by atoms with Crippen molar-refractivity contribution < 1.29 is 0 Å². The molecule has 1 N–H and O–H groups in total.